The first-order valence-corrected chi connectivity index (χ1v) is 6.49. The molecule has 6 heteroatoms. The zero-order valence-corrected chi connectivity index (χ0v) is 10.9. The van der Waals surface area contributed by atoms with E-state index in [1.165, 1.54) is 23.0 Å². The number of nitrogens with two attached hydrogens (primary N) is 1. The fraction of sp³-hybridized carbons (Fsp3) is 0.286. The zero-order valence-electron chi connectivity index (χ0n) is 10.9. The van der Waals surface area contributed by atoms with Crippen molar-refractivity contribution in [2.45, 2.75) is 12.5 Å². The molecule has 1 unspecified atom stereocenters. The Morgan fingerprint density at radius 3 is 3.00 bits per heavy atom. The van der Waals surface area contributed by atoms with Crippen LogP contribution < -0.4 is 5.73 Å². The molecule has 104 valence electrons. The number of rotatable bonds is 2. The largest absolute Gasteiger partial charge is 0.337 e. The molecule has 1 fully saturated rings. The summed E-state index contributed by atoms with van der Waals surface area (Å²) in [6.45, 7) is 1.25. The van der Waals surface area contributed by atoms with Crippen molar-refractivity contribution in [1.82, 2.24) is 14.7 Å². The Hall–Kier alpha value is -2.21. The van der Waals surface area contributed by atoms with Gasteiger partial charge in [0.2, 0.25) is 0 Å². The second-order valence-corrected chi connectivity index (χ2v) is 4.95. The summed E-state index contributed by atoms with van der Waals surface area (Å²) < 4.78 is 14.7. The van der Waals surface area contributed by atoms with Crippen LogP contribution in [0.5, 0.6) is 0 Å². The second-order valence-electron chi connectivity index (χ2n) is 4.95. The van der Waals surface area contributed by atoms with Crippen LogP contribution in [0.25, 0.3) is 5.69 Å². The molecule has 0 aliphatic carbocycles. The summed E-state index contributed by atoms with van der Waals surface area (Å²) in [6, 6.07) is 6.12. The van der Waals surface area contributed by atoms with Gasteiger partial charge in [0.05, 0.1) is 17.4 Å². The standard InChI is InChI=1S/C14H15FN4O/c15-11-2-1-3-13(6-11)19-8-10(7-17-19)14(20)18-5-4-12(16)9-18/h1-3,6-8,12H,4-5,9,16H2. The lowest BCUT2D eigenvalue weighted by Gasteiger charge is -2.14. The normalized spacial score (nSPS) is 18.5. The number of hydrogen-bond acceptors (Lipinski definition) is 3. The van der Waals surface area contributed by atoms with Gasteiger partial charge in [0.15, 0.2) is 0 Å². The highest BCUT2D eigenvalue weighted by atomic mass is 19.1. The third-order valence-electron chi connectivity index (χ3n) is 3.41. The number of aromatic nitrogens is 2. The van der Waals surface area contributed by atoms with Crippen LogP contribution in [0.4, 0.5) is 4.39 Å². The van der Waals surface area contributed by atoms with E-state index in [0.717, 1.165) is 6.42 Å². The maximum absolute atomic E-state index is 13.2. The van der Waals surface area contributed by atoms with Gasteiger partial charge in [0.25, 0.3) is 5.91 Å². The lowest BCUT2D eigenvalue weighted by molar-refractivity contribution is 0.0791. The maximum atomic E-state index is 13.2. The lowest BCUT2D eigenvalue weighted by atomic mass is 10.3. The Morgan fingerprint density at radius 2 is 2.30 bits per heavy atom. The molecular weight excluding hydrogens is 259 g/mol. The van der Waals surface area contributed by atoms with Gasteiger partial charge in [-0.05, 0) is 24.6 Å². The summed E-state index contributed by atoms with van der Waals surface area (Å²) in [5.74, 6) is -0.419. The SMILES string of the molecule is NC1CCN(C(=O)c2cnn(-c3cccc(F)c3)c2)C1. The highest BCUT2D eigenvalue weighted by Gasteiger charge is 2.25. The van der Waals surface area contributed by atoms with E-state index in [-0.39, 0.29) is 17.8 Å². The average Bonchev–Trinajstić information content (AvgIpc) is 3.07. The van der Waals surface area contributed by atoms with Crippen LogP contribution >= 0.6 is 0 Å². The number of hydrogen-bond donors (Lipinski definition) is 1. The molecule has 1 aromatic heterocycles. The molecule has 2 heterocycles. The molecule has 0 spiro atoms. The minimum atomic E-state index is -0.337. The van der Waals surface area contributed by atoms with Crippen molar-refractivity contribution < 1.29 is 9.18 Å². The molecule has 1 atom stereocenters. The Balaban J connectivity index is 1.81. The molecule has 1 aliphatic heterocycles. The molecule has 1 aliphatic rings. The van der Waals surface area contributed by atoms with Crippen molar-refractivity contribution in [3.63, 3.8) is 0 Å². The topological polar surface area (TPSA) is 64.2 Å². The maximum Gasteiger partial charge on any atom is 0.257 e. The zero-order chi connectivity index (χ0) is 14.1. The van der Waals surface area contributed by atoms with Gasteiger partial charge in [-0.1, -0.05) is 6.07 Å². The van der Waals surface area contributed by atoms with E-state index in [1.807, 2.05) is 0 Å². The van der Waals surface area contributed by atoms with Crippen LogP contribution in [0.2, 0.25) is 0 Å². The number of benzene rings is 1. The first-order chi connectivity index (χ1) is 9.63. The van der Waals surface area contributed by atoms with E-state index in [9.17, 15) is 9.18 Å². The van der Waals surface area contributed by atoms with Gasteiger partial charge in [0, 0.05) is 25.3 Å². The minimum absolute atomic E-state index is 0.0530. The highest BCUT2D eigenvalue weighted by molar-refractivity contribution is 5.94. The van der Waals surface area contributed by atoms with Gasteiger partial charge in [-0.25, -0.2) is 9.07 Å². The van der Waals surface area contributed by atoms with Crippen molar-refractivity contribution >= 4 is 5.91 Å². The second kappa shape index (κ2) is 5.05. The fourth-order valence-corrected chi connectivity index (χ4v) is 2.35. The number of likely N-dealkylation sites (tertiary alicyclic amines) is 1. The summed E-state index contributed by atoms with van der Waals surface area (Å²) >= 11 is 0. The molecule has 0 radical (unpaired) electrons. The van der Waals surface area contributed by atoms with Gasteiger partial charge < -0.3 is 10.6 Å². The van der Waals surface area contributed by atoms with Gasteiger partial charge in [0.1, 0.15) is 5.82 Å². The van der Waals surface area contributed by atoms with Crippen LogP contribution in [0.3, 0.4) is 0 Å². The predicted octanol–water partition coefficient (Wildman–Crippen LogP) is 1.18. The van der Waals surface area contributed by atoms with E-state index in [2.05, 4.69) is 5.10 Å². The van der Waals surface area contributed by atoms with Crippen molar-refractivity contribution in [2.75, 3.05) is 13.1 Å². The van der Waals surface area contributed by atoms with Gasteiger partial charge in [-0.15, -0.1) is 0 Å². The minimum Gasteiger partial charge on any atom is -0.337 e. The van der Waals surface area contributed by atoms with Crippen LogP contribution in [-0.2, 0) is 0 Å². The molecule has 1 saturated heterocycles. The van der Waals surface area contributed by atoms with Gasteiger partial charge in [-0.2, -0.15) is 5.10 Å². The van der Waals surface area contributed by atoms with Crippen molar-refractivity contribution in [1.29, 1.82) is 0 Å². The molecule has 0 bridgehead atoms. The molecule has 2 aromatic rings. The van der Waals surface area contributed by atoms with E-state index in [1.54, 1.807) is 23.2 Å². The Morgan fingerprint density at radius 1 is 1.45 bits per heavy atom. The molecule has 3 rings (SSSR count). The van der Waals surface area contributed by atoms with Crippen molar-refractivity contribution in [3.05, 3.63) is 48.0 Å². The Labute approximate surface area is 115 Å². The summed E-state index contributed by atoms with van der Waals surface area (Å²) in [6.07, 6.45) is 3.93. The van der Waals surface area contributed by atoms with Crippen LogP contribution in [0.15, 0.2) is 36.7 Å². The summed E-state index contributed by atoms with van der Waals surface area (Å²) in [5, 5.41) is 4.11. The van der Waals surface area contributed by atoms with E-state index in [4.69, 9.17) is 5.73 Å². The fourth-order valence-electron chi connectivity index (χ4n) is 2.35. The summed E-state index contributed by atoms with van der Waals surface area (Å²) in [4.78, 5) is 14.0. The number of nitrogens with zero attached hydrogens (tertiary/aromatic N) is 3. The average molecular weight is 274 g/mol. The highest BCUT2D eigenvalue weighted by Crippen LogP contribution is 2.14. The van der Waals surface area contributed by atoms with Crippen LogP contribution in [-0.4, -0.2) is 39.7 Å². The molecule has 2 N–H and O–H groups in total. The number of amides is 1. The first-order valence-electron chi connectivity index (χ1n) is 6.49. The quantitative estimate of drug-likeness (QED) is 0.894. The van der Waals surface area contributed by atoms with E-state index in [0.29, 0.717) is 24.3 Å². The van der Waals surface area contributed by atoms with E-state index >= 15 is 0 Å². The number of halogens is 1. The molecule has 5 nitrogen and oxygen atoms in total. The molecule has 0 saturated carbocycles. The van der Waals surface area contributed by atoms with Crippen molar-refractivity contribution in [2.24, 2.45) is 5.73 Å². The number of carbonyl (C=O) groups is 1. The van der Waals surface area contributed by atoms with Gasteiger partial charge >= 0.3 is 0 Å². The van der Waals surface area contributed by atoms with Gasteiger partial charge in [-0.3, -0.25) is 4.79 Å². The predicted molar refractivity (Wildman–Crippen MR) is 72.0 cm³/mol. The third-order valence-corrected chi connectivity index (χ3v) is 3.41. The molecule has 20 heavy (non-hydrogen) atoms. The van der Waals surface area contributed by atoms with Crippen LogP contribution in [0, 0.1) is 5.82 Å². The third kappa shape index (κ3) is 2.42. The first kappa shape index (κ1) is 12.8. The molecule has 1 amide bonds. The number of carbonyl (C=O) groups excluding carboxylic acids is 1. The smallest absolute Gasteiger partial charge is 0.257 e. The monoisotopic (exact) mass is 274 g/mol. The summed E-state index contributed by atoms with van der Waals surface area (Å²) in [5.41, 5.74) is 6.87. The molecule has 1 aromatic carbocycles. The lowest BCUT2D eigenvalue weighted by Crippen LogP contribution is -2.31. The van der Waals surface area contributed by atoms with Crippen LogP contribution in [0.1, 0.15) is 16.8 Å². The molecular formula is C14H15FN4O. The Bertz CT molecular complexity index is 640. The van der Waals surface area contributed by atoms with Crippen molar-refractivity contribution in [3.8, 4) is 5.69 Å². The summed E-state index contributed by atoms with van der Waals surface area (Å²) in [7, 11) is 0. The van der Waals surface area contributed by atoms with E-state index < -0.39 is 0 Å². The Kier molecular flexibility index (Phi) is 3.23.